The van der Waals surface area contributed by atoms with Gasteiger partial charge in [-0.05, 0) is 72.9 Å². The predicted octanol–water partition coefficient (Wildman–Crippen LogP) is 4.26. The molecule has 1 aliphatic heterocycles. The Bertz CT molecular complexity index is 1610. The third-order valence-corrected chi connectivity index (χ3v) is 6.28. The van der Waals surface area contributed by atoms with Crippen molar-refractivity contribution in [2.75, 3.05) is 17.3 Å². The summed E-state index contributed by atoms with van der Waals surface area (Å²) in [7, 11) is 1.54. The van der Waals surface area contributed by atoms with Gasteiger partial charge in [0, 0.05) is 28.4 Å². The summed E-state index contributed by atoms with van der Waals surface area (Å²) < 4.78 is 20.1. The summed E-state index contributed by atoms with van der Waals surface area (Å²) >= 11 is 5.28. The van der Waals surface area contributed by atoms with E-state index < -0.39 is 17.6 Å². The fourth-order valence-electron chi connectivity index (χ4n) is 4.19. The van der Waals surface area contributed by atoms with Crippen molar-refractivity contribution in [3.05, 3.63) is 95.9 Å². The Kier molecular flexibility index (Phi) is 6.71. The number of amides is 3. The van der Waals surface area contributed by atoms with E-state index in [4.69, 9.17) is 17.0 Å². The number of hydrogen-bond acceptors (Lipinski definition) is 5. The van der Waals surface area contributed by atoms with Gasteiger partial charge in [0.2, 0.25) is 5.91 Å². The lowest BCUT2D eigenvalue weighted by Crippen LogP contribution is -2.54. The fraction of sp³-hybridized carbons (Fsp3) is 0.0714. The van der Waals surface area contributed by atoms with Gasteiger partial charge >= 0.3 is 0 Å². The van der Waals surface area contributed by atoms with E-state index in [0.29, 0.717) is 22.7 Å². The number of nitrogens with one attached hydrogen (secondary N) is 2. The second-order valence-corrected chi connectivity index (χ2v) is 8.83. The maximum absolute atomic E-state index is 13.4. The Hall–Kier alpha value is -4.83. The molecule has 1 aliphatic rings. The number of halogens is 1. The van der Waals surface area contributed by atoms with E-state index in [0.717, 1.165) is 10.9 Å². The Labute approximate surface area is 222 Å². The van der Waals surface area contributed by atoms with E-state index in [1.165, 1.54) is 42.4 Å². The van der Waals surface area contributed by atoms with Crippen molar-refractivity contribution in [1.29, 1.82) is 0 Å². The second-order valence-electron chi connectivity index (χ2n) is 8.44. The average Bonchev–Trinajstić information content (AvgIpc) is 3.25. The zero-order chi connectivity index (χ0) is 26.8. The minimum absolute atomic E-state index is 0.0257. The molecule has 2 N–H and O–H groups in total. The summed E-state index contributed by atoms with van der Waals surface area (Å²) in [5.41, 5.74) is 2.16. The van der Waals surface area contributed by atoms with Crippen LogP contribution >= 0.6 is 12.2 Å². The number of ether oxygens (including phenoxy) is 1. The van der Waals surface area contributed by atoms with Crippen LogP contribution in [0, 0.1) is 5.82 Å². The number of carbonyl (C=O) groups excluding carboxylic acids is 3. The van der Waals surface area contributed by atoms with Crippen molar-refractivity contribution in [1.82, 2.24) is 9.88 Å². The molecule has 10 heteroatoms. The van der Waals surface area contributed by atoms with Gasteiger partial charge in [0.05, 0.1) is 12.8 Å². The third kappa shape index (κ3) is 4.89. The summed E-state index contributed by atoms with van der Waals surface area (Å²) in [5.74, 6) is -1.30. The molecule has 190 valence electrons. The van der Waals surface area contributed by atoms with Crippen LogP contribution in [-0.4, -0.2) is 34.5 Å². The highest BCUT2D eigenvalue weighted by atomic mass is 32.1. The zero-order valence-electron chi connectivity index (χ0n) is 20.1. The Balaban J connectivity index is 1.46. The van der Waals surface area contributed by atoms with Gasteiger partial charge in [-0.2, -0.15) is 0 Å². The smallest absolute Gasteiger partial charge is 0.270 e. The quantitative estimate of drug-likeness (QED) is 0.222. The number of methoxy groups -OCH3 is 1. The van der Waals surface area contributed by atoms with Crippen molar-refractivity contribution in [3.63, 3.8) is 0 Å². The van der Waals surface area contributed by atoms with Crippen molar-refractivity contribution in [3.8, 4) is 5.75 Å². The highest BCUT2D eigenvalue weighted by Gasteiger charge is 2.34. The lowest BCUT2D eigenvalue weighted by Gasteiger charge is -2.29. The summed E-state index contributed by atoms with van der Waals surface area (Å²) in [5, 5.41) is 6.03. The summed E-state index contributed by atoms with van der Waals surface area (Å²) in [6, 6.07) is 19.5. The number of carbonyl (C=O) groups is 3. The van der Waals surface area contributed by atoms with Gasteiger partial charge in [0.1, 0.15) is 23.7 Å². The highest BCUT2D eigenvalue weighted by Crippen LogP contribution is 2.27. The van der Waals surface area contributed by atoms with E-state index in [9.17, 15) is 18.8 Å². The van der Waals surface area contributed by atoms with Gasteiger partial charge < -0.3 is 14.6 Å². The van der Waals surface area contributed by atoms with Crippen molar-refractivity contribution >= 4 is 63.4 Å². The number of nitrogens with zero attached hydrogens (tertiary/aromatic N) is 2. The third-order valence-electron chi connectivity index (χ3n) is 5.99. The van der Waals surface area contributed by atoms with Crippen LogP contribution in [0.1, 0.15) is 5.56 Å². The first-order valence-corrected chi connectivity index (χ1v) is 11.9. The van der Waals surface area contributed by atoms with Gasteiger partial charge in [-0.1, -0.05) is 18.2 Å². The molecule has 3 aromatic carbocycles. The van der Waals surface area contributed by atoms with E-state index in [2.05, 4.69) is 10.6 Å². The van der Waals surface area contributed by atoms with Crippen LogP contribution in [0.4, 0.5) is 15.8 Å². The topological polar surface area (TPSA) is 92.7 Å². The number of hydrogen-bond donors (Lipinski definition) is 2. The Morgan fingerprint density at radius 2 is 1.76 bits per heavy atom. The molecule has 1 fully saturated rings. The average molecular weight is 529 g/mol. The molecule has 1 saturated heterocycles. The molecule has 0 saturated carbocycles. The van der Waals surface area contributed by atoms with E-state index in [1.807, 2.05) is 24.3 Å². The minimum atomic E-state index is -0.615. The first-order chi connectivity index (χ1) is 18.3. The molecule has 0 radical (unpaired) electrons. The van der Waals surface area contributed by atoms with Gasteiger partial charge in [-0.3, -0.25) is 24.6 Å². The normalized spacial score (nSPS) is 14.6. The maximum atomic E-state index is 13.4. The summed E-state index contributed by atoms with van der Waals surface area (Å²) in [4.78, 5) is 40.2. The Morgan fingerprint density at radius 3 is 2.47 bits per heavy atom. The zero-order valence-corrected chi connectivity index (χ0v) is 20.9. The summed E-state index contributed by atoms with van der Waals surface area (Å²) in [6.45, 7) is -0.0384. The van der Waals surface area contributed by atoms with E-state index >= 15 is 0 Å². The minimum Gasteiger partial charge on any atom is -0.497 e. The van der Waals surface area contributed by atoms with Gasteiger partial charge in [-0.15, -0.1) is 0 Å². The van der Waals surface area contributed by atoms with Crippen LogP contribution in [0.3, 0.4) is 0 Å². The first kappa shape index (κ1) is 24.8. The molecule has 1 aromatic heterocycles. The number of benzene rings is 3. The molecular weight excluding hydrogens is 507 g/mol. The van der Waals surface area contributed by atoms with Gasteiger partial charge in [0.25, 0.3) is 11.8 Å². The maximum Gasteiger partial charge on any atom is 0.270 e. The van der Waals surface area contributed by atoms with Crippen LogP contribution in [0.5, 0.6) is 5.75 Å². The van der Waals surface area contributed by atoms with E-state index in [1.54, 1.807) is 35.0 Å². The van der Waals surface area contributed by atoms with Crippen LogP contribution in [0.25, 0.3) is 17.0 Å². The number of rotatable bonds is 6. The SMILES string of the molecule is COc1ccc(N2C(=O)/C(=C/c3cn(CC(=O)Nc4ccc(F)cc4)c4ccccc34)C(=O)NC2=S)cc1. The van der Waals surface area contributed by atoms with Crippen molar-refractivity contribution in [2.24, 2.45) is 0 Å². The fourth-order valence-corrected chi connectivity index (χ4v) is 4.47. The van der Waals surface area contributed by atoms with Gasteiger partial charge in [0.15, 0.2) is 5.11 Å². The molecule has 3 amide bonds. The second kappa shape index (κ2) is 10.3. The van der Waals surface area contributed by atoms with Gasteiger partial charge in [-0.25, -0.2) is 4.39 Å². The van der Waals surface area contributed by atoms with Crippen molar-refractivity contribution < 1.29 is 23.5 Å². The molecule has 5 rings (SSSR count). The first-order valence-electron chi connectivity index (χ1n) is 11.5. The van der Waals surface area contributed by atoms with Crippen LogP contribution in [-0.2, 0) is 20.9 Å². The molecule has 38 heavy (non-hydrogen) atoms. The highest BCUT2D eigenvalue weighted by molar-refractivity contribution is 7.80. The number of anilines is 2. The molecule has 0 aliphatic carbocycles. The molecule has 0 spiro atoms. The number of para-hydroxylation sites is 1. The van der Waals surface area contributed by atoms with Crippen LogP contribution in [0.15, 0.2) is 84.6 Å². The molecular formula is C28H21FN4O4S. The van der Waals surface area contributed by atoms with Crippen molar-refractivity contribution in [2.45, 2.75) is 6.54 Å². The summed E-state index contributed by atoms with van der Waals surface area (Å²) in [6.07, 6.45) is 3.19. The molecule has 0 atom stereocenters. The molecule has 0 bridgehead atoms. The largest absolute Gasteiger partial charge is 0.497 e. The number of thiocarbonyl (C=S) groups is 1. The lowest BCUT2D eigenvalue weighted by atomic mass is 10.1. The monoisotopic (exact) mass is 528 g/mol. The van der Waals surface area contributed by atoms with Crippen LogP contribution < -0.4 is 20.3 Å². The number of fused-ring (bicyclic) bond motifs is 1. The molecule has 8 nitrogen and oxygen atoms in total. The predicted molar refractivity (Wildman–Crippen MR) is 146 cm³/mol. The molecule has 0 unspecified atom stereocenters. The molecule has 4 aromatic rings. The lowest BCUT2D eigenvalue weighted by molar-refractivity contribution is -0.122. The van der Waals surface area contributed by atoms with Crippen LogP contribution in [0.2, 0.25) is 0 Å². The standard InChI is InChI=1S/C28H21FN4O4S/c1-37-21-12-10-20(11-13-21)33-27(36)23(26(35)31-28(33)38)14-17-15-32(24-5-3-2-4-22(17)24)16-25(34)30-19-8-6-18(29)7-9-19/h2-15H,16H2,1H3,(H,30,34)(H,31,35,38)/b23-14+. The van der Waals surface area contributed by atoms with E-state index in [-0.39, 0.29) is 23.1 Å². The Morgan fingerprint density at radius 1 is 1.05 bits per heavy atom. The number of aromatic nitrogens is 1. The molecule has 2 heterocycles.